The van der Waals surface area contributed by atoms with Gasteiger partial charge in [-0.15, -0.1) is 0 Å². The van der Waals surface area contributed by atoms with Crippen LogP contribution in [0, 0.1) is 0 Å². The summed E-state index contributed by atoms with van der Waals surface area (Å²) < 4.78 is 2.37. The van der Waals surface area contributed by atoms with Crippen molar-refractivity contribution in [2.75, 3.05) is 9.80 Å². The lowest BCUT2D eigenvalue weighted by Crippen LogP contribution is -2.19. The molecule has 0 saturated carbocycles. The van der Waals surface area contributed by atoms with Gasteiger partial charge in [-0.05, 0) is 95.6 Å². The van der Waals surface area contributed by atoms with Gasteiger partial charge in [0.2, 0.25) is 0 Å². The van der Waals surface area contributed by atoms with E-state index in [-0.39, 0.29) is 0 Å². The highest BCUT2D eigenvalue weighted by Gasteiger charge is 2.29. The van der Waals surface area contributed by atoms with Crippen LogP contribution in [-0.2, 0) is 0 Å². The van der Waals surface area contributed by atoms with E-state index < -0.39 is 0 Å². The molecule has 3 heteroatoms. The van der Waals surface area contributed by atoms with Crippen LogP contribution in [0.1, 0.15) is 11.1 Å². The van der Waals surface area contributed by atoms with Gasteiger partial charge in [0.1, 0.15) is 0 Å². The monoisotopic (exact) mass is 703 g/mol. The zero-order valence-corrected chi connectivity index (χ0v) is 30.3. The summed E-state index contributed by atoms with van der Waals surface area (Å²) in [5.74, 6) is 0. The Morgan fingerprint density at radius 3 is 1.75 bits per heavy atom. The van der Waals surface area contributed by atoms with Gasteiger partial charge in [-0.1, -0.05) is 140 Å². The highest BCUT2D eigenvalue weighted by atomic mass is 15.2. The van der Waals surface area contributed by atoms with E-state index in [4.69, 9.17) is 0 Å². The summed E-state index contributed by atoms with van der Waals surface area (Å²) >= 11 is 0. The molecule has 0 radical (unpaired) electrons. The molecule has 0 N–H and O–H groups in total. The van der Waals surface area contributed by atoms with Gasteiger partial charge in [0.15, 0.2) is 0 Å². The second-order valence-electron chi connectivity index (χ2n) is 13.8. The van der Waals surface area contributed by atoms with Crippen LogP contribution < -0.4 is 9.80 Å². The van der Waals surface area contributed by atoms with Crippen LogP contribution in [0.4, 0.5) is 34.1 Å². The van der Waals surface area contributed by atoms with Crippen LogP contribution in [0.2, 0.25) is 0 Å². The molecule has 0 bridgehead atoms. The Kier molecular flexibility index (Phi) is 7.96. The molecular weight excluding hydrogens is 667 g/mol. The lowest BCUT2D eigenvalue weighted by atomic mass is 9.89. The molecule has 3 nitrogen and oxygen atoms in total. The molecule has 9 aromatic rings. The number of rotatable bonds is 7. The molecular formula is C52H37N3. The average Bonchev–Trinajstić information content (AvgIpc) is 3.59. The van der Waals surface area contributed by atoms with Crippen molar-refractivity contribution < 1.29 is 0 Å². The van der Waals surface area contributed by atoms with E-state index in [1.165, 1.54) is 38.5 Å². The first-order valence-electron chi connectivity index (χ1n) is 18.7. The van der Waals surface area contributed by atoms with E-state index in [0.29, 0.717) is 0 Å². The van der Waals surface area contributed by atoms with Gasteiger partial charge in [-0.2, -0.15) is 0 Å². The number of anilines is 6. The summed E-state index contributed by atoms with van der Waals surface area (Å²) in [5.41, 5.74) is 16.0. The topological polar surface area (TPSA) is 11.4 Å². The van der Waals surface area contributed by atoms with Crippen LogP contribution in [0.3, 0.4) is 0 Å². The van der Waals surface area contributed by atoms with E-state index in [1.54, 1.807) is 0 Å². The van der Waals surface area contributed by atoms with Crippen molar-refractivity contribution >= 4 is 61.5 Å². The Labute approximate surface area is 321 Å². The predicted octanol–water partition coefficient (Wildman–Crippen LogP) is 14.3. The zero-order valence-electron chi connectivity index (χ0n) is 30.3. The Morgan fingerprint density at radius 1 is 0.418 bits per heavy atom. The second-order valence-corrected chi connectivity index (χ2v) is 13.8. The number of fused-ring (bicyclic) bond motifs is 5. The fourth-order valence-electron chi connectivity index (χ4n) is 8.23. The molecule has 0 unspecified atom stereocenters. The maximum atomic E-state index is 4.10. The van der Waals surface area contributed by atoms with Crippen LogP contribution >= 0.6 is 0 Å². The first-order chi connectivity index (χ1) is 27.3. The molecule has 1 aromatic heterocycles. The Morgan fingerprint density at radius 2 is 0.982 bits per heavy atom. The van der Waals surface area contributed by atoms with E-state index >= 15 is 0 Å². The molecule has 10 rings (SSSR count). The lowest BCUT2D eigenvalue weighted by Gasteiger charge is -2.36. The van der Waals surface area contributed by atoms with Crippen molar-refractivity contribution in [3.63, 3.8) is 0 Å². The molecule has 55 heavy (non-hydrogen) atoms. The largest absolute Gasteiger partial charge is 0.310 e. The molecule has 0 atom stereocenters. The van der Waals surface area contributed by atoms with Crippen molar-refractivity contribution in [3.05, 3.63) is 230 Å². The summed E-state index contributed by atoms with van der Waals surface area (Å²) in [6, 6.07) is 72.0. The Hall–Kier alpha value is -7.36. The minimum absolute atomic E-state index is 1.07. The highest BCUT2D eigenvalue weighted by Crippen LogP contribution is 2.51. The molecule has 1 aliphatic heterocycles. The molecule has 0 aliphatic carbocycles. The third kappa shape index (κ3) is 5.53. The quantitative estimate of drug-likeness (QED) is 0.164. The van der Waals surface area contributed by atoms with Crippen molar-refractivity contribution in [2.45, 2.75) is 0 Å². The number of hydrogen-bond acceptors (Lipinski definition) is 2. The second kappa shape index (κ2) is 13.6. The van der Waals surface area contributed by atoms with Gasteiger partial charge >= 0.3 is 0 Å². The SMILES string of the molecule is C=C/C=C1\c2ccccc2N(c2ccccc2)c2cc(N(c3ccc(-c4ccccc4)cc3)c3ccc4c(c3)c3ccccc3n4-c3ccccc3)ccc21. The number of allylic oxidation sites excluding steroid dienone is 2. The number of hydrogen-bond donors (Lipinski definition) is 0. The van der Waals surface area contributed by atoms with Gasteiger partial charge in [0.25, 0.3) is 0 Å². The number of aromatic nitrogens is 1. The maximum absolute atomic E-state index is 4.10. The molecule has 0 amide bonds. The normalized spacial score (nSPS) is 12.8. The summed E-state index contributed by atoms with van der Waals surface area (Å²) in [6.07, 6.45) is 4.03. The predicted molar refractivity (Wildman–Crippen MR) is 233 cm³/mol. The number of benzene rings is 8. The highest BCUT2D eigenvalue weighted by molar-refractivity contribution is 6.11. The van der Waals surface area contributed by atoms with E-state index in [2.05, 4.69) is 227 Å². The average molecular weight is 704 g/mol. The Bertz CT molecular complexity index is 2870. The van der Waals surface area contributed by atoms with Gasteiger partial charge in [-0.3, -0.25) is 0 Å². The summed E-state index contributed by atoms with van der Waals surface area (Å²) in [5, 5.41) is 2.43. The smallest absolute Gasteiger partial charge is 0.0561 e. The molecule has 260 valence electrons. The van der Waals surface area contributed by atoms with Gasteiger partial charge < -0.3 is 14.4 Å². The molecule has 8 aromatic carbocycles. The fraction of sp³-hybridized carbons (Fsp3) is 0. The number of nitrogens with zero attached hydrogens (tertiary/aromatic N) is 3. The summed E-state index contributed by atoms with van der Waals surface area (Å²) in [6.45, 7) is 4.10. The van der Waals surface area contributed by atoms with Gasteiger partial charge in [-0.25, -0.2) is 0 Å². The molecule has 1 aliphatic rings. The molecule has 0 fully saturated rings. The fourth-order valence-corrected chi connectivity index (χ4v) is 8.23. The lowest BCUT2D eigenvalue weighted by molar-refractivity contribution is 1.18. The Balaban J connectivity index is 1.20. The van der Waals surface area contributed by atoms with Crippen molar-refractivity contribution in [3.8, 4) is 16.8 Å². The zero-order chi connectivity index (χ0) is 36.7. The third-order valence-corrected chi connectivity index (χ3v) is 10.7. The third-order valence-electron chi connectivity index (χ3n) is 10.7. The van der Waals surface area contributed by atoms with Crippen molar-refractivity contribution in [1.82, 2.24) is 4.57 Å². The summed E-state index contributed by atoms with van der Waals surface area (Å²) in [7, 11) is 0. The van der Waals surface area contributed by atoms with Gasteiger partial charge in [0, 0.05) is 50.3 Å². The van der Waals surface area contributed by atoms with Gasteiger partial charge in [0.05, 0.1) is 22.4 Å². The van der Waals surface area contributed by atoms with Crippen molar-refractivity contribution in [1.29, 1.82) is 0 Å². The maximum Gasteiger partial charge on any atom is 0.0561 e. The van der Waals surface area contributed by atoms with E-state index in [1.807, 2.05) is 6.08 Å². The first-order valence-corrected chi connectivity index (χ1v) is 18.7. The first kappa shape index (κ1) is 32.3. The van der Waals surface area contributed by atoms with Crippen LogP contribution in [0.25, 0.3) is 44.2 Å². The van der Waals surface area contributed by atoms with Crippen molar-refractivity contribution in [2.24, 2.45) is 0 Å². The van der Waals surface area contributed by atoms with E-state index in [9.17, 15) is 0 Å². The van der Waals surface area contributed by atoms with Crippen LogP contribution in [0.5, 0.6) is 0 Å². The molecule has 0 saturated heterocycles. The minimum atomic E-state index is 1.07. The minimum Gasteiger partial charge on any atom is -0.310 e. The molecule has 0 spiro atoms. The summed E-state index contributed by atoms with van der Waals surface area (Å²) in [4.78, 5) is 4.78. The molecule has 2 heterocycles. The standard InChI is InChI=1S/C52H37N3/c1-2-16-44-45-23-12-14-25-49(45)55(40-21-10-5-11-22-40)52-36-43(31-33-47(44)52)53(41-29-27-38(28-30-41)37-17-6-3-7-18-37)42-32-34-51-48(35-42)46-24-13-15-26-50(46)54(51)39-19-8-4-9-20-39/h2-36H,1H2/b44-16+. The van der Waals surface area contributed by atoms with Crippen LogP contribution in [-0.4, -0.2) is 4.57 Å². The van der Waals surface area contributed by atoms with E-state index in [0.717, 1.165) is 50.9 Å². The number of para-hydroxylation sites is 4. The van der Waals surface area contributed by atoms with Crippen LogP contribution in [0.15, 0.2) is 219 Å².